The fourth-order valence-electron chi connectivity index (χ4n) is 5.37. The molecule has 2 aromatic rings. The van der Waals surface area contributed by atoms with E-state index in [1.165, 1.54) is 16.9 Å². The van der Waals surface area contributed by atoms with Gasteiger partial charge in [-0.15, -0.1) is 11.3 Å². The molecule has 2 bridgehead atoms. The van der Waals surface area contributed by atoms with E-state index in [0.717, 1.165) is 35.3 Å². The summed E-state index contributed by atoms with van der Waals surface area (Å²) < 4.78 is 0. The van der Waals surface area contributed by atoms with Crippen LogP contribution in [0.25, 0.3) is 10.4 Å². The largest absolute Gasteiger partial charge is 0.481 e. The number of aryl methyl sites for hydroxylation is 1. The predicted molar refractivity (Wildman–Crippen MR) is 114 cm³/mol. The molecule has 1 saturated carbocycles. The highest BCUT2D eigenvalue weighted by atomic mass is 32.1. The highest BCUT2D eigenvalue weighted by molar-refractivity contribution is 7.20. The summed E-state index contributed by atoms with van der Waals surface area (Å²) in [5, 5.41) is 13.1. The Balaban J connectivity index is 1.52. The summed E-state index contributed by atoms with van der Waals surface area (Å²) in [5.41, 5.74) is 9.22. The van der Waals surface area contributed by atoms with E-state index in [2.05, 4.69) is 11.4 Å². The molecule has 1 aromatic carbocycles. The first-order valence-corrected chi connectivity index (χ1v) is 11.0. The molecule has 4 aliphatic carbocycles. The van der Waals surface area contributed by atoms with Crippen molar-refractivity contribution in [3.05, 3.63) is 53.1 Å². The van der Waals surface area contributed by atoms with E-state index in [0.29, 0.717) is 17.0 Å². The third-order valence-corrected chi connectivity index (χ3v) is 7.91. The maximum atomic E-state index is 13.3. The van der Waals surface area contributed by atoms with Crippen molar-refractivity contribution in [2.24, 2.45) is 29.4 Å². The molecule has 4 N–H and O–H groups in total. The maximum Gasteiger partial charge on any atom is 0.307 e. The zero-order valence-electron chi connectivity index (χ0n) is 16.3. The molecule has 30 heavy (non-hydrogen) atoms. The number of benzene rings is 1. The molecule has 6 rings (SSSR count). The molecule has 4 atom stereocenters. The molecule has 1 aromatic heterocycles. The molecule has 0 radical (unpaired) electrons. The number of aliphatic carboxylic acids is 1. The maximum absolute atomic E-state index is 13.3. The van der Waals surface area contributed by atoms with Crippen molar-refractivity contribution in [2.75, 3.05) is 5.32 Å². The van der Waals surface area contributed by atoms with Crippen LogP contribution >= 0.6 is 11.3 Å². The fourth-order valence-corrected chi connectivity index (χ4v) is 6.69. The topological polar surface area (TPSA) is 109 Å². The van der Waals surface area contributed by atoms with Crippen LogP contribution in [0.15, 0.2) is 36.4 Å². The predicted octanol–water partition coefficient (Wildman–Crippen LogP) is 3.46. The molecule has 4 aliphatic rings. The second kappa shape index (κ2) is 7.09. The summed E-state index contributed by atoms with van der Waals surface area (Å²) in [6.45, 7) is 0. The highest BCUT2D eigenvalue weighted by Crippen LogP contribution is 2.48. The van der Waals surface area contributed by atoms with Gasteiger partial charge in [-0.2, -0.15) is 0 Å². The van der Waals surface area contributed by atoms with Crippen molar-refractivity contribution < 1.29 is 19.5 Å². The lowest BCUT2D eigenvalue weighted by atomic mass is 9.62. The Kier molecular flexibility index (Phi) is 4.50. The number of thiophene rings is 1. The van der Waals surface area contributed by atoms with Crippen molar-refractivity contribution >= 4 is 34.1 Å². The molecular weight excluding hydrogens is 400 g/mol. The number of carbonyl (C=O) groups is 3. The minimum absolute atomic E-state index is 0.0940. The lowest BCUT2D eigenvalue weighted by Crippen LogP contribution is -2.47. The molecule has 6 nitrogen and oxygen atoms in total. The Labute approximate surface area is 177 Å². The van der Waals surface area contributed by atoms with Crippen LogP contribution in [0.3, 0.4) is 0 Å². The van der Waals surface area contributed by atoms with Gasteiger partial charge in [0.25, 0.3) is 5.91 Å². The summed E-state index contributed by atoms with van der Waals surface area (Å²) in [6.07, 6.45) is 7.00. The summed E-state index contributed by atoms with van der Waals surface area (Å²) in [6, 6.07) is 8.04. The monoisotopic (exact) mass is 422 g/mol. The molecule has 7 heteroatoms. The number of rotatable bonds is 4. The van der Waals surface area contributed by atoms with Crippen molar-refractivity contribution in [3.8, 4) is 10.4 Å². The number of carboxylic acids is 1. The van der Waals surface area contributed by atoms with E-state index in [1.54, 1.807) is 0 Å². The zero-order valence-corrected chi connectivity index (χ0v) is 17.1. The summed E-state index contributed by atoms with van der Waals surface area (Å²) in [4.78, 5) is 38.4. The first-order valence-electron chi connectivity index (χ1n) is 10.2. The van der Waals surface area contributed by atoms with Crippen LogP contribution in [0, 0.1) is 23.7 Å². The molecular formula is C23H22N2O4S. The number of nitrogens with one attached hydrogen (secondary N) is 1. The molecule has 154 valence electrons. The standard InChI is InChI=1S/C23H22N2O4S/c24-20(26)18-15-10-9-11-3-1-2-4-14(11)19(15)30-22(18)25-21(27)16-12-5-7-13(8-6-12)17(16)23(28)29/h1-5,7,12-13,16-17H,6,8-10H2,(H2,24,26)(H,25,27)(H,28,29)/t12-,13+,16+,17+/m1/s1. The number of anilines is 1. The number of hydrogen-bond donors (Lipinski definition) is 3. The van der Waals surface area contributed by atoms with E-state index in [1.807, 2.05) is 30.4 Å². The number of nitrogens with two attached hydrogens (primary N) is 1. The Bertz CT molecular complexity index is 1100. The van der Waals surface area contributed by atoms with Crippen LogP contribution in [0.4, 0.5) is 5.00 Å². The van der Waals surface area contributed by atoms with E-state index >= 15 is 0 Å². The molecule has 0 aliphatic heterocycles. The van der Waals surface area contributed by atoms with E-state index < -0.39 is 23.7 Å². The molecule has 2 amide bonds. The van der Waals surface area contributed by atoms with Crippen molar-refractivity contribution in [1.29, 1.82) is 0 Å². The van der Waals surface area contributed by atoms with Crippen LogP contribution < -0.4 is 11.1 Å². The summed E-state index contributed by atoms with van der Waals surface area (Å²) in [7, 11) is 0. The van der Waals surface area contributed by atoms with Gasteiger partial charge in [-0.1, -0.05) is 36.4 Å². The van der Waals surface area contributed by atoms with Crippen LogP contribution in [-0.2, 0) is 22.4 Å². The van der Waals surface area contributed by atoms with Crippen molar-refractivity contribution in [1.82, 2.24) is 0 Å². The molecule has 1 heterocycles. The van der Waals surface area contributed by atoms with Gasteiger partial charge in [0.2, 0.25) is 5.91 Å². The quantitative estimate of drug-likeness (QED) is 0.656. The average Bonchev–Trinajstić information content (AvgIpc) is 3.12. The lowest BCUT2D eigenvalue weighted by molar-refractivity contribution is -0.151. The second-order valence-corrected chi connectivity index (χ2v) is 9.32. The van der Waals surface area contributed by atoms with E-state index in [-0.39, 0.29) is 17.7 Å². The third kappa shape index (κ3) is 2.88. The highest BCUT2D eigenvalue weighted by Gasteiger charge is 2.48. The van der Waals surface area contributed by atoms with Crippen LogP contribution in [-0.4, -0.2) is 22.9 Å². The smallest absolute Gasteiger partial charge is 0.307 e. The van der Waals surface area contributed by atoms with Gasteiger partial charge < -0.3 is 16.2 Å². The Morgan fingerprint density at radius 2 is 1.73 bits per heavy atom. The summed E-state index contributed by atoms with van der Waals surface area (Å²) >= 11 is 1.36. The molecule has 0 saturated heterocycles. The van der Waals surface area contributed by atoms with E-state index in [4.69, 9.17) is 5.73 Å². The number of fused-ring (bicyclic) bond motifs is 5. The van der Waals surface area contributed by atoms with Crippen molar-refractivity contribution in [2.45, 2.75) is 25.7 Å². The SMILES string of the molecule is NC(=O)c1c(NC(=O)[C@@H]2[C@@H](C(=O)O)[C@H]3C=C[C@@H]2CC3)sc2c1CCc1ccccc1-2. The van der Waals surface area contributed by atoms with Crippen LogP contribution in [0.2, 0.25) is 0 Å². The third-order valence-electron chi connectivity index (χ3n) is 6.73. The Hall–Kier alpha value is -2.93. The number of primary amides is 1. The van der Waals surface area contributed by atoms with Gasteiger partial charge in [0.1, 0.15) is 5.00 Å². The normalized spacial score (nSPS) is 26.0. The number of carbonyl (C=O) groups excluding carboxylic acids is 2. The lowest BCUT2D eigenvalue weighted by Gasteiger charge is -2.41. The first kappa shape index (κ1) is 19.1. The molecule has 0 unspecified atom stereocenters. The Morgan fingerprint density at radius 1 is 1.03 bits per heavy atom. The average molecular weight is 423 g/mol. The molecule has 1 fully saturated rings. The number of allylic oxidation sites excluding steroid dienone is 2. The number of amides is 2. The van der Waals surface area contributed by atoms with E-state index in [9.17, 15) is 19.5 Å². The first-order chi connectivity index (χ1) is 14.5. The van der Waals surface area contributed by atoms with Gasteiger partial charge in [0, 0.05) is 4.88 Å². The van der Waals surface area contributed by atoms with Gasteiger partial charge >= 0.3 is 5.97 Å². The fraction of sp³-hybridized carbons (Fsp3) is 0.348. The second-order valence-electron chi connectivity index (χ2n) is 8.30. The van der Waals surface area contributed by atoms with Gasteiger partial charge in [0.15, 0.2) is 0 Å². The number of carboxylic acid groups (broad SMARTS) is 1. The van der Waals surface area contributed by atoms with Gasteiger partial charge in [-0.3, -0.25) is 14.4 Å². The molecule has 0 spiro atoms. The van der Waals surface area contributed by atoms with Crippen LogP contribution in [0.1, 0.15) is 34.3 Å². The number of hydrogen-bond acceptors (Lipinski definition) is 4. The van der Waals surface area contributed by atoms with Gasteiger partial charge in [-0.25, -0.2) is 0 Å². The van der Waals surface area contributed by atoms with Crippen LogP contribution in [0.5, 0.6) is 0 Å². The van der Waals surface area contributed by atoms with Gasteiger partial charge in [-0.05, 0) is 54.2 Å². The minimum Gasteiger partial charge on any atom is -0.481 e. The minimum atomic E-state index is -0.941. The summed E-state index contributed by atoms with van der Waals surface area (Å²) in [5.74, 6) is -3.44. The zero-order chi connectivity index (χ0) is 21.0. The van der Waals surface area contributed by atoms with Gasteiger partial charge in [0.05, 0.1) is 17.4 Å². The van der Waals surface area contributed by atoms with Crippen molar-refractivity contribution in [3.63, 3.8) is 0 Å². The Morgan fingerprint density at radius 3 is 2.40 bits per heavy atom.